The van der Waals surface area contributed by atoms with Crippen LogP contribution in [0.5, 0.6) is 0 Å². The van der Waals surface area contributed by atoms with Crippen LogP contribution in [0.4, 0.5) is 0 Å². The Morgan fingerprint density at radius 2 is 2.00 bits per heavy atom. The van der Waals surface area contributed by atoms with Gasteiger partial charge in [-0.25, -0.2) is 0 Å². The normalized spacial score (nSPS) is 25.7. The van der Waals surface area contributed by atoms with Gasteiger partial charge in [-0.1, -0.05) is 38.4 Å². The molecule has 0 N–H and O–H groups in total. The molecule has 1 heterocycles. The van der Waals surface area contributed by atoms with Gasteiger partial charge in [-0.2, -0.15) is 0 Å². The van der Waals surface area contributed by atoms with Gasteiger partial charge in [-0.3, -0.25) is 4.90 Å². The van der Waals surface area contributed by atoms with Gasteiger partial charge in [0.2, 0.25) is 0 Å². The molecule has 0 amide bonds. The highest BCUT2D eigenvalue weighted by molar-refractivity contribution is 6.25. The Kier molecular flexibility index (Phi) is 5.14. The summed E-state index contributed by atoms with van der Waals surface area (Å²) in [5, 5.41) is 0. The predicted molar refractivity (Wildman–Crippen MR) is 68.2 cm³/mol. The van der Waals surface area contributed by atoms with Crippen molar-refractivity contribution in [3.05, 3.63) is 11.6 Å². The first-order valence-electron chi connectivity index (χ1n) is 6.01. The molecule has 0 saturated carbocycles. The fourth-order valence-electron chi connectivity index (χ4n) is 2.39. The molecule has 0 radical (unpaired) electrons. The molecule has 1 fully saturated rings. The molecule has 1 aliphatic rings. The topological polar surface area (TPSA) is 3.24 Å². The summed E-state index contributed by atoms with van der Waals surface area (Å²) in [5.74, 6) is 0.877. The van der Waals surface area contributed by atoms with E-state index in [1.165, 1.54) is 32.4 Å². The average molecular weight is 230 g/mol. The molecule has 15 heavy (non-hydrogen) atoms. The van der Waals surface area contributed by atoms with Crippen molar-refractivity contribution in [2.24, 2.45) is 11.3 Å². The van der Waals surface area contributed by atoms with Crippen molar-refractivity contribution in [2.75, 3.05) is 19.6 Å². The number of hydrogen-bond donors (Lipinski definition) is 0. The zero-order chi connectivity index (χ0) is 11.3. The third-order valence-corrected chi connectivity index (χ3v) is 3.68. The van der Waals surface area contributed by atoms with Gasteiger partial charge in [0.1, 0.15) is 0 Å². The Hall–Kier alpha value is -0.0100. The second kappa shape index (κ2) is 5.91. The van der Waals surface area contributed by atoms with Gasteiger partial charge >= 0.3 is 0 Å². The minimum atomic E-state index is 0.471. The Morgan fingerprint density at radius 1 is 1.27 bits per heavy atom. The number of likely N-dealkylation sites (tertiary alicyclic amines) is 1. The summed E-state index contributed by atoms with van der Waals surface area (Å²) in [5.41, 5.74) is 2.10. The summed E-state index contributed by atoms with van der Waals surface area (Å²) >= 11 is 5.56. The van der Waals surface area contributed by atoms with Crippen molar-refractivity contribution >= 4 is 11.6 Å². The molecule has 0 spiro atoms. The van der Waals surface area contributed by atoms with Gasteiger partial charge in [-0.05, 0) is 43.7 Å². The molecule has 0 bridgehead atoms. The first-order valence-corrected chi connectivity index (χ1v) is 6.45. The summed E-state index contributed by atoms with van der Waals surface area (Å²) in [7, 11) is 0. The smallest absolute Gasteiger partial charge is 0.0174 e. The van der Waals surface area contributed by atoms with Gasteiger partial charge < -0.3 is 0 Å². The first kappa shape index (κ1) is 13.1. The molecule has 1 aliphatic heterocycles. The van der Waals surface area contributed by atoms with E-state index < -0.39 is 0 Å². The van der Waals surface area contributed by atoms with Gasteiger partial charge in [0.15, 0.2) is 0 Å². The van der Waals surface area contributed by atoms with Crippen LogP contribution < -0.4 is 0 Å². The van der Waals surface area contributed by atoms with Crippen molar-refractivity contribution in [1.29, 1.82) is 0 Å². The monoisotopic (exact) mass is 229 g/mol. The average Bonchev–Trinajstić information content (AvgIpc) is 2.38. The quantitative estimate of drug-likeness (QED) is 0.695. The zero-order valence-electron chi connectivity index (χ0n) is 10.3. The SMILES string of the molecule is CC(C)(C)C1CCCN(CC=CCl)CC1. The lowest BCUT2D eigenvalue weighted by Crippen LogP contribution is -2.26. The van der Waals surface area contributed by atoms with Crippen molar-refractivity contribution in [2.45, 2.75) is 40.0 Å². The molecule has 0 aromatic carbocycles. The van der Waals surface area contributed by atoms with Crippen LogP contribution in [0.2, 0.25) is 0 Å². The van der Waals surface area contributed by atoms with Gasteiger partial charge in [-0.15, -0.1) is 0 Å². The van der Waals surface area contributed by atoms with Crippen molar-refractivity contribution in [1.82, 2.24) is 4.90 Å². The molecule has 1 unspecified atom stereocenters. The summed E-state index contributed by atoms with van der Waals surface area (Å²) in [4.78, 5) is 2.50. The summed E-state index contributed by atoms with van der Waals surface area (Å²) in [6, 6.07) is 0. The maximum Gasteiger partial charge on any atom is 0.0174 e. The molecule has 2 heteroatoms. The number of nitrogens with zero attached hydrogens (tertiary/aromatic N) is 1. The van der Waals surface area contributed by atoms with Crippen molar-refractivity contribution < 1.29 is 0 Å². The fourth-order valence-corrected chi connectivity index (χ4v) is 2.47. The molecule has 1 rings (SSSR count). The van der Waals surface area contributed by atoms with E-state index in [-0.39, 0.29) is 0 Å². The predicted octanol–water partition coefficient (Wildman–Crippen LogP) is 3.89. The lowest BCUT2D eigenvalue weighted by atomic mass is 9.77. The molecule has 1 atom stereocenters. The maximum absolute atomic E-state index is 5.56. The van der Waals surface area contributed by atoms with Crippen molar-refractivity contribution in [3.63, 3.8) is 0 Å². The Morgan fingerprint density at radius 3 is 2.60 bits per heavy atom. The molecule has 1 saturated heterocycles. The minimum absolute atomic E-state index is 0.471. The Balaban J connectivity index is 2.42. The summed E-state index contributed by atoms with van der Waals surface area (Å²) < 4.78 is 0. The number of halogens is 1. The molecule has 0 aromatic rings. The molecular formula is C13H24ClN. The van der Waals surface area contributed by atoms with Gasteiger partial charge in [0.25, 0.3) is 0 Å². The second-order valence-corrected chi connectivity index (χ2v) is 5.91. The van der Waals surface area contributed by atoms with E-state index in [4.69, 9.17) is 11.6 Å². The second-order valence-electron chi connectivity index (χ2n) is 5.66. The van der Waals surface area contributed by atoms with Crippen LogP contribution in [0.15, 0.2) is 11.6 Å². The Bertz CT molecular complexity index is 205. The van der Waals surface area contributed by atoms with E-state index in [2.05, 4.69) is 25.7 Å². The third kappa shape index (κ3) is 4.56. The van der Waals surface area contributed by atoms with Crippen LogP contribution in [0.25, 0.3) is 0 Å². The summed E-state index contributed by atoms with van der Waals surface area (Å²) in [6.07, 6.45) is 6.08. The molecular weight excluding hydrogens is 206 g/mol. The molecule has 0 aromatic heterocycles. The van der Waals surface area contributed by atoms with Crippen LogP contribution >= 0.6 is 11.6 Å². The zero-order valence-corrected chi connectivity index (χ0v) is 11.1. The van der Waals surface area contributed by atoms with E-state index in [1.807, 2.05) is 6.08 Å². The van der Waals surface area contributed by atoms with E-state index in [0.717, 1.165) is 12.5 Å². The van der Waals surface area contributed by atoms with Crippen LogP contribution in [0, 0.1) is 11.3 Å². The highest BCUT2D eigenvalue weighted by Gasteiger charge is 2.26. The number of rotatable bonds is 2. The van der Waals surface area contributed by atoms with Crippen LogP contribution in [0.3, 0.4) is 0 Å². The van der Waals surface area contributed by atoms with E-state index in [0.29, 0.717) is 5.41 Å². The fraction of sp³-hybridized carbons (Fsp3) is 0.846. The maximum atomic E-state index is 5.56. The largest absolute Gasteiger partial charge is 0.300 e. The van der Waals surface area contributed by atoms with Crippen LogP contribution in [-0.2, 0) is 0 Å². The first-order chi connectivity index (χ1) is 7.04. The van der Waals surface area contributed by atoms with Gasteiger partial charge in [0.05, 0.1) is 0 Å². The lowest BCUT2D eigenvalue weighted by molar-refractivity contribution is 0.211. The van der Waals surface area contributed by atoms with E-state index in [1.54, 1.807) is 5.54 Å². The standard InChI is InChI=1S/C13H24ClN/c1-13(2,3)12-6-4-9-15(11-7-12)10-5-8-14/h5,8,12H,4,6-7,9-11H2,1-3H3. The lowest BCUT2D eigenvalue weighted by Gasteiger charge is -2.29. The Labute approximate surface area is 99.5 Å². The molecule has 88 valence electrons. The molecule has 1 nitrogen and oxygen atoms in total. The van der Waals surface area contributed by atoms with Crippen LogP contribution in [-0.4, -0.2) is 24.5 Å². The highest BCUT2D eigenvalue weighted by Crippen LogP contribution is 2.34. The van der Waals surface area contributed by atoms with E-state index >= 15 is 0 Å². The highest BCUT2D eigenvalue weighted by atomic mass is 35.5. The van der Waals surface area contributed by atoms with Crippen molar-refractivity contribution in [3.8, 4) is 0 Å². The van der Waals surface area contributed by atoms with Gasteiger partial charge in [0, 0.05) is 12.1 Å². The number of hydrogen-bond acceptors (Lipinski definition) is 1. The summed E-state index contributed by atoms with van der Waals surface area (Å²) in [6.45, 7) is 10.6. The minimum Gasteiger partial charge on any atom is -0.300 e. The molecule has 0 aliphatic carbocycles. The van der Waals surface area contributed by atoms with E-state index in [9.17, 15) is 0 Å². The van der Waals surface area contributed by atoms with Crippen LogP contribution in [0.1, 0.15) is 40.0 Å². The third-order valence-electron chi connectivity index (χ3n) is 3.50.